The minimum Gasteiger partial charge on any atom is -0.462 e. The van der Waals surface area contributed by atoms with Crippen LogP contribution in [0.3, 0.4) is 0 Å². The molecule has 1 spiro atoms. The highest BCUT2D eigenvalue weighted by molar-refractivity contribution is 5.89. The lowest BCUT2D eigenvalue weighted by Gasteiger charge is -2.57. The van der Waals surface area contributed by atoms with Gasteiger partial charge in [-0.1, -0.05) is 26.3 Å². The normalized spacial score (nSPS) is 41.4. The van der Waals surface area contributed by atoms with Gasteiger partial charge in [-0.3, -0.25) is 24.0 Å². The highest BCUT2D eigenvalue weighted by Crippen LogP contribution is 2.66. The number of ether oxygens (including phenoxy) is 7. The SMILES string of the molecule is CCCC(=O)O[C@H]1C[C@H](OC(C)=O)[C@@]2(C)[C@H]([C@H]1C)[C@@H](OC(C)=O)[C@]13O[C@@]1(C)C(=O)O[C@H]3/C=C(/C)C[C@H](OC(C)=O)[C@@H]2OC(C)=O. The Morgan fingerprint density at radius 2 is 1.44 bits per heavy atom. The summed E-state index contributed by atoms with van der Waals surface area (Å²) in [6.07, 6.45) is -4.25. The summed E-state index contributed by atoms with van der Waals surface area (Å²) in [4.78, 5) is 76.9. The van der Waals surface area contributed by atoms with Crippen LogP contribution in [0.25, 0.3) is 0 Å². The van der Waals surface area contributed by atoms with Gasteiger partial charge in [0.25, 0.3) is 0 Å². The molecule has 0 N–H and O–H groups in total. The standard InChI is InChI=1S/C32H44O13/c1-10-11-25(37)43-21-14-23(40-18(5)34)30(8)26(16(21)3)28(42-20(7)36)32-24(44-29(38)31(32,9)45-32)13-15(2)12-22(39-17(4)33)27(30)41-19(6)35/h13,16,21-24,26-28H,10-12,14H2,1-9H3/b15-13-/t16-,21-,22-,23-,24-,26+,27-,28+,30-,31-,32-/m0/s1. The highest BCUT2D eigenvalue weighted by Gasteiger charge is 2.87. The Hall–Kier alpha value is -3.48. The number of rotatable bonds is 7. The van der Waals surface area contributed by atoms with Gasteiger partial charge in [-0.05, 0) is 26.3 Å². The van der Waals surface area contributed by atoms with Gasteiger partial charge in [0.1, 0.15) is 30.5 Å². The summed E-state index contributed by atoms with van der Waals surface area (Å²) in [6, 6.07) is 0. The topological polar surface area (TPSA) is 170 Å². The molecule has 45 heavy (non-hydrogen) atoms. The van der Waals surface area contributed by atoms with E-state index in [1.807, 2.05) is 6.92 Å². The minimum atomic E-state index is -1.53. The summed E-state index contributed by atoms with van der Waals surface area (Å²) in [7, 11) is 0. The lowest BCUT2D eigenvalue weighted by atomic mass is 9.52. The first kappa shape index (κ1) is 34.4. The molecule has 0 amide bonds. The van der Waals surface area contributed by atoms with E-state index >= 15 is 0 Å². The third-order valence-electron chi connectivity index (χ3n) is 9.74. The van der Waals surface area contributed by atoms with Crippen LogP contribution in [0, 0.1) is 17.3 Å². The molecule has 0 unspecified atom stereocenters. The van der Waals surface area contributed by atoms with Crippen molar-refractivity contribution in [2.75, 3.05) is 0 Å². The van der Waals surface area contributed by atoms with Gasteiger partial charge in [-0.15, -0.1) is 0 Å². The first-order valence-electron chi connectivity index (χ1n) is 15.4. The second-order valence-electron chi connectivity index (χ2n) is 13.0. The summed E-state index contributed by atoms with van der Waals surface area (Å²) in [5, 5.41) is 0. The van der Waals surface area contributed by atoms with Crippen LogP contribution in [0.15, 0.2) is 11.6 Å². The number of fused-ring (bicyclic) bond motifs is 1. The van der Waals surface area contributed by atoms with Gasteiger partial charge >= 0.3 is 35.8 Å². The van der Waals surface area contributed by atoms with Gasteiger partial charge in [0.05, 0.1) is 5.41 Å². The molecule has 0 aromatic carbocycles. The average Bonchev–Trinajstić information content (AvgIpc) is 3.49. The number of carbonyl (C=O) groups excluding carboxylic acids is 6. The van der Waals surface area contributed by atoms with E-state index in [0.717, 1.165) is 0 Å². The van der Waals surface area contributed by atoms with Crippen LogP contribution in [0.2, 0.25) is 0 Å². The fourth-order valence-corrected chi connectivity index (χ4v) is 7.89. The summed E-state index contributed by atoms with van der Waals surface area (Å²) < 4.78 is 41.9. The monoisotopic (exact) mass is 636 g/mol. The van der Waals surface area contributed by atoms with Crippen LogP contribution in [0.5, 0.6) is 0 Å². The van der Waals surface area contributed by atoms with Gasteiger partial charge in [0.15, 0.2) is 17.3 Å². The van der Waals surface area contributed by atoms with Crippen molar-refractivity contribution in [2.24, 2.45) is 17.3 Å². The molecule has 4 aliphatic rings. The molecule has 2 saturated heterocycles. The molecule has 2 heterocycles. The Kier molecular flexibility index (Phi) is 9.46. The summed E-state index contributed by atoms with van der Waals surface area (Å²) in [5.74, 6) is -5.49. The van der Waals surface area contributed by atoms with E-state index in [2.05, 4.69) is 0 Å². The molecule has 13 heteroatoms. The predicted octanol–water partition coefficient (Wildman–Crippen LogP) is 2.89. The van der Waals surface area contributed by atoms with E-state index in [0.29, 0.717) is 12.0 Å². The Morgan fingerprint density at radius 3 is 1.98 bits per heavy atom. The third kappa shape index (κ3) is 5.95. The van der Waals surface area contributed by atoms with Crippen molar-refractivity contribution >= 4 is 35.8 Å². The smallest absolute Gasteiger partial charge is 0.342 e. The van der Waals surface area contributed by atoms with E-state index < -0.39 is 101 Å². The Balaban J connectivity index is 2.06. The summed E-state index contributed by atoms with van der Waals surface area (Å²) in [5.41, 5.74) is -3.90. The second kappa shape index (κ2) is 12.4. The number of epoxide rings is 1. The zero-order chi connectivity index (χ0) is 33.6. The first-order chi connectivity index (χ1) is 20.9. The molecule has 2 aliphatic carbocycles. The molecule has 11 atom stereocenters. The molecule has 4 rings (SSSR count). The molecule has 0 aromatic heterocycles. The Morgan fingerprint density at radius 1 is 0.867 bits per heavy atom. The second-order valence-corrected chi connectivity index (χ2v) is 13.0. The van der Waals surface area contributed by atoms with E-state index in [1.165, 1.54) is 27.7 Å². The van der Waals surface area contributed by atoms with Crippen molar-refractivity contribution in [3.05, 3.63) is 11.6 Å². The third-order valence-corrected chi connectivity index (χ3v) is 9.74. The summed E-state index contributed by atoms with van der Waals surface area (Å²) >= 11 is 0. The maximum atomic E-state index is 13.3. The molecule has 0 radical (unpaired) electrons. The molecular weight excluding hydrogens is 592 g/mol. The first-order valence-corrected chi connectivity index (χ1v) is 15.4. The Labute approximate surface area is 262 Å². The number of hydrogen-bond donors (Lipinski definition) is 0. The Bertz CT molecular complexity index is 1290. The van der Waals surface area contributed by atoms with E-state index in [1.54, 1.807) is 33.8 Å². The van der Waals surface area contributed by atoms with Gasteiger partial charge in [0, 0.05) is 58.8 Å². The van der Waals surface area contributed by atoms with Gasteiger partial charge in [-0.25, -0.2) is 4.79 Å². The number of hydrogen-bond acceptors (Lipinski definition) is 13. The lowest BCUT2D eigenvalue weighted by molar-refractivity contribution is -0.248. The van der Waals surface area contributed by atoms with Gasteiger partial charge < -0.3 is 33.2 Å². The van der Waals surface area contributed by atoms with Crippen molar-refractivity contribution in [3.8, 4) is 0 Å². The van der Waals surface area contributed by atoms with Gasteiger partial charge in [0.2, 0.25) is 0 Å². The minimum absolute atomic E-state index is 0.000641. The van der Waals surface area contributed by atoms with E-state index in [-0.39, 0.29) is 19.3 Å². The highest BCUT2D eigenvalue weighted by atomic mass is 16.7. The maximum Gasteiger partial charge on any atom is 0.342 e. The van der Waals surface area contributed by atoms with Crippen molar-refractivity contribution in [2.45, 2.75) is 136 Å². The molecule has 2 aliphatic heterocycles. The zero-order valence-corrected chi connectivity index (χ0v) is 27.3. The van der Waals surface area contributed by atoms with Crippen LogP contribution < -0.4 is 0 Å². The maximum absolute atomic E-state index is 13.3. The molecular formula is C32H44O13. The lowest BCUT2D eigenvalue weighted by Crippen LogP contribution is -2.68. The van der Waals surface area contributed by atoms with Crippen LogP contribution >= 0.6 is 0 Å². The summed E-state index contributed by atoms with van der Waals surface area (Å²) in [6.45, 7) is 13.5. The van der Waals surface area contributed by atoms with Gasteiger partial charge in [-0.2, -0.15) is 0 Å². The molecule has 0 bridgehead atoms. The van der Waals surface area contributed by atoms with E-state index in [9.17, 15) is 28.8 Å². The predicted molar refractivity (Wildman–Crippen MR) is 153 cm³/mol. The molecule has 250 valence electrons. The van der Waals surface area contributed by atoms with Crippen molar-refractivity contribution in [1.82, 2.24) is 0 Å². The van der Waals surface area contributed by atoms with Crippen LogP contribution in [0.1, 0.15) is 88.0 Å². The van der Waals surface area contributed by atoms with Crippen molar-refractivity contribution < 1.29 is 61.9 Å². The fourth-order valence-electron chi connectivity index (χ4n) is 7.89. The largest absolute Gasteiger partial charge is 0.462 e. The molecule has 0 aromatic rings. The number of carbonyl (C=O) groups is 6. The average molecular weight is 637 g/mol. The van der Waals surface area contributed by atoms with E-state index in [4.69, 9.17) is 33.2 Å². The zero-order valence-electron chi connectivity index (χ0n) is 27.3. The van der Waals surface area contributed by atoms with Crippen molar-refractivity contribution in [3.63, 3.8) is 0 Å². The number of esters is 6. The van der Waals surface area contributed by atoms with Crippen LogP contribution in [0.4, 0.5) is 0 Å². The van der Waals surface area contributed by atoms with Crippen LogP contribution in [-0.2, 0) is 61.9 Å². The fraction of sp³-hybridized carbons (Fsp3) is 0.750. The molecule has 1 saturated carbocycles. The molecule has 3 fully saturated rings. The van der Waals surface area contributed by atoms with Crippen LogP contribution in [-0.4, -0.2) is 83.6 Å². The molecule has 13 nitrogen and oxygen atoms in total. The quantitative estimate of drug-likeness (QED) is 0.173. The van der Waals surface area contributed by atoms with Crippen molar-refractivity contribution in [1.29, 1.82) is 0 Å².